The first kappa shape index (κ1) is 34.3. The highest BCUT2D eigenvalue weighted by Crippen LogP contribution is 2.57. The van der Waals surface area contributed by atoms with Crippen molar-refractivity contribution < 1.29 is 47.3 Å². The Kier molecular flexibility index (Phi) is 9.34. The smallest absolute Gasteiger partial charge is 0.408 e. The maximum atomic E-state index is 14.9. The molecule has 5 atom stereocenters. The van der Waals surface area contributed by atoms with Gasteiger partial charge in [0, 0.05) is 18.4 Å². The van der Waals surface area contributed by atoms with Crippen molar-refractivity contribution in [2.24, 2.45) is 11.3 Å². The van der Waals surface area contributed by atoms with Crippen LogP contribution in [0.15, 0.2) is 60.7 Å². The van der Waals surface area contributed by atoms with Crippen LogP contribution in [0.1, 0.15) is 51.4 Å². The molecule has 5 bridgehead atoms. The summed E-state index contributed by atoms with van der Waals surface area (Å²) >= 11 is 0. The number of ketones is 1. The molecule has 1 aromatic heterocycles. The summed E-state index contributed by atoms with van der Waals surface area (Å²) in [5, 5.41) is 12.7. The van der Waals surface area contributed by atoms with Crippen LogP contribution in [0.2, 0.25) is 0 Å². The number of hydrogen-bond acceptors (Lipinski definition) is 9. The summed E-state index contributed by atoms with van der Waals surface area (Å²) in [5.74, 6) is -5.80. The average Bonchev–Trinajstić information content (AvgIpc) is 3.65. The number of allylic oxidation sites excluding steroid dienone is 2. The fourth-order valence-electron chi connectivity index (χ4n) is 7.21. The van der Waals surface area contributed by atoms with E-state index in [-0.39, 0.29) is 43.4 Å². The lowest BCUT2D eigenvalue weighted by Gasteiger charge is -2.29. The van der Waals surface area contributed by atoms with E-state index in [1.165, 1.54) is 17.0 Å². The summed E-state index contributed by atoms with van der Waals surface area (Å²) in [6.07, 6.45) is 4.66. The van der Waals surface area contributed by atoms with E-state index in [1.54, 1.807) is 36.4 Å². The number of nitrogens with zero attached hydrogens (tertiary/aromatic N) is 3. The highest BCUT2D eigenvalue weighted by molar-refractivity contribution is 5.96. The number of carboxylic acid groups (broad SMARTS) is 1. The number of cyclic esters (lactones) is 1. The number of amides is 2. The van der Waals surface area contributed by atoms with Crippen molar-refractivity contribution in [3.63, 3.8) is 0 Å². The van der Waals surface area contributed by atoms with Crippen molar-refractivity contribution in [3.05, 3.63) is 60.7 Å². The van der Waals surface area contributed by atoms with Gasteiger partial charge in [-0.25, -0.2) is 14.8 Å². The van der Waals surface area contributed by atoms with Gasteiger partial charge in [-0.15, -0.1) is 0 Å². The molecule has 3 aromatic rings. The van der Waals surface area contributed by atoms with Gasteiger partial charge < -0.3 is 29.5 Å². The van der Waals surface area contributed by atoms with E-state index in [0.29, 0.717) is 48.0 Å². The largest absolute Gasteiger partial charge is 0.487 e. The maximum Gasteiger partial charge on any atom is 0.408 e. The van der Waals surface area contributed by atoms with Gasteiger partial charge in [0.1, 0.15) is 23.6 Å². The van der Waals surface area contributed by atoms with Gasteiger partial charge in [0.15, 0.2) is 19.0 Å². The molecule has 51 heavy (non-hydrogen) atoms. The van der Waals surface area contributed by atoms with Crippen molar-refractivity contribution in [1.82, 2.24) is 20.2 Å². The number of carbonyl (C=O) groups is 4. The van der Waals surface area contributed by atoms with Crippen LogP contribution in [-0.4, -0.2) is 87.6 Å². The second-order valence-electron chi connectivity index (χ2n) is 13.8. The predicted octanol–water partition coefficient (Wildman–Crippen LogP) is 5.34. The van der Waals surface area contributed by atoms with Gasteiger partial charge in [-0.1, -0.05) is 49.3 Å². The number of aromatic nitrogens is 2. The van der Waals surface area contributed by atoms with Gasteiger partial charge in [0.2, 0.25) is 11.8 Å². The second kappa shape index (κ2) is 13.9. The maximum absolute atomic E-state index is 14.9. The first-order valence-corrected chi connectivity index (χ1v) is 17.2. The highest BCUT2D eigenvalue weighted by Gasteiger charge is 2.61. The summed E-state index contributed by atoms with van der Waals surface area (Å²) in [4.78, 5) is 64.6. The van der Waals surface area contributed by atoms with E-state index in [0.717, 1.165) is 6.42 Å². The Morgan fingerprint density at radius 3 is 2.57 bits per heavy atom. The molecule has 268 valence electrons. The lowest BCUT2D eigenvalue weighted by atomic mass is 9.92. The zero-order valence-corrected chi connectivity index (χ0v) is 27.8. The number of halogens is 2. The lowest BCUT2D eigenvalue weighted by molar-refractivity contribution is -0.147. The van der Waals surface area contributed by atoms with Gasteiger partial charge in [-0.3, -0.25) is 14.4 Å². The number of carbonyl (C=O) groups excluding carboxylic acids is 3. The molecule has 2 amide bonds. The molecule has 0 unspecified atom stereocenters. The first-order chi connectivity index (χ1) is 24.5. The van der Waals surface area contributed by atoms with E-state index >= 15 is 0 Å². The molecular weight excluding hydrogens is 666 g/mol. The molecule has 4 heterocycles. The van der Waals surface area contributed by atoms with E-state index in [9.17, 15) is 33.1 Å². The number of carboxylic acids is 1. The Morgan fingerprint density at radius 1 is 0.980 bits per heavy atom. The minimum Gasteiger partial charge on any atom is -0.487 e. The molecule has 4 aliphatic rings. The van der Waals surface area contributed by atoms with Gasteiger partial charge in [0.25, 0.3) is 0 Å². The van der Waals surface area contributed by atoms with Crippen LogP contribution in [0.5, 0.6) is 11.6 Å². The Bertz CT molecular complexity index is 1890. The van der Waals surface area contributed by atoms with Gasteiger partial charge in [-0.05, 0) is 55.9 Å². The van der Waals surface area contributed by atoms with Gasteiger partial charge in [-0.2, -0.15) is 8.78 Å². The minimum atomic E-state index is -3.57. The van der Waals surface area contributed by atoms with Crippen molar-refractivity contribution >= 4 is 34.8 Å². The Labute approximate surface area is 292 Å². The molecule has 2 fully saturated rings. The predicted molar refractivity (Wildman–Crippen MR) is 178 cm³/mol. The van der Waals surface area contributed by atoms with Crippen molar-refractivity contribution in [3.8, 4) is 22.9 Å². The Hall–Kier alpha value is -5.14. The summed E-state index contributed by atoms with van der Waals surface area (Å²) in [6, 6.07) is 11.2. The second-order valence-corrected chi connectivity index (χ2v) is 13.8. The van der Waals surface area contributed by atoms with Gasteiger partial charge in [0.05, 0.1) is 29.0 Å². The third-order valence-electron chi connectivity index (χ3n) is 10.1. The summed E-state index contributed by atoms with van der Waals surface area (Å²) < 4.78 is 46.6. The monoisotopic (exact) mass is 704 g/mol. The molecule has 2 N–H and O–H groups in total. The van der Waals surface area contributed by atoms with E-state index in [2.05, 4.69) is 5.32 Å². The molecule has 7 rings (SSSR count). The normalized spacial score (nSPS) is 29.0. The van der Waals surface area contributed by atoms with Crippen molar-refractivity contribution in [2.75, 3.05) is 19.8 Å². The molecule has 2 aromatic carbocycles. The fraction of sp³-hybridized carbons (Fsp3) is 0.459. The Morgan fingerprint density at radius 2 is 1.76 bits per heavy atom. The lowest BCUT2D eigenvalue weighted by Crippen LogP contribution is -2.52. The van der Waals surface area contributed by atoms with Crippen LogP contribution >= 0.6 is 0 Å². The number of aliphatic carboxylic acids is 1. The van der Waals surface area contributed by atoms with Crippen LogP contribution in [0, 0.1) is 11.3 Å². The minimum absolute atomic E-state index is 0.0290. The van der Waals surface area contributed by atoms with Crippen LogP contribution < -0.4 is 14.8 Å². The third-order valence-corrected chi connectivity index (χ3v) is 10.1. The number of rotatable bonds is 1. The summed E-state index contributed by atoms with van der Waals surface area (Å²) in [5.41, 5.74) is 0.540. The fourth-order valence-corrected chi connectivity index (χ4v) is 7.21. The topological polar surface area (TPSA) is 157 Å². The molecule has 14 heteroatoms. The molecule has 1 saturated carbocycles. The van der Waals surface area contributed by atoms with Crippen LogP contribution in [0.3, 0.4) is 0 Å². The molecule has 0 spiro atoms. The number of ether oxygens (including phenoxy) is 3. The molecule has 0 radical (unpaired) electrons. The number of nitrogens with one attached hydrogen (secondary N) is 1. The molecule has 12 nitrogen and oxygen atoms in total. The van der Waals surface area contributed by atoms with Gasteiger partial charge >= 0.3 is 18.0 Å². The standard InChI is InChI=1S/C37H38F2N4O8/c38-37(39)20-49-24-11-8-9-22(15-24)31-32(41-27-13-7-6-12-26(27)40-31)51-25-16-29-30(44)18-36(34(46)47)17-23(36)10-4-2-1-3-5-14-28(33(45)43(29)19-25)42-35(48)50-21-37/h4,6-13,15,23,25,28-29H,1-3,5,14,16-21H2,(H,42,48)(H,46,47)/b10-4-/t23-,25+,28-,29-,36+/m0/s1. The number of hydrogen-bond donors (Lipinski definition) is 2. The quantitative estimate of drug-likeness (QED) is 0.317. The van der Waals surface area contributed by atoms with E-state index < -0.39 is 66.5 Å². The summed E-state index contributed by atoms with van der Waals surface area (Å²) in [7, 11) is 0. The number of Topliss-reactive ketones (excluding diaryl/α,β-unsaturated/α-hetero) is 1. The van der Waals surface area contributed by atoms with Crippen molar-refractivity contribution in [1.29, 1.82) is 0 Å². The van der Waals surface area contributed by atoms with E-state index in [1.807, 2.05) is 12.2 Å². The SMILES string of the molecule is O=C1N[C@H]2CCCCC/C=C\[C@H]3C[C@@]3(C(=O)O)CC(=O)[C@@H]3C[C@H](CN3C2=O)Oc2nc3ccccc3nc2-c2cccc(c2)OCC(F)(F)CO1. The number of alkyl halides is 2. The zero-order valence-electron chi connectivity index (χ0n) is 27.8. The van der Waals surface area contributed by atoms with Crippen LogP contribution in [0.4, 0.5) is 13.6 Å². The molecular formula is C37H38F2N4O8. The number of alkyl carbamates (subject to hydrolysis) is 1. The zero-order chi connectivity index (χ0) is 35.8. The number of fused-ring (bicyclic) bond motifs is 8. The van der Waals surface area contributed by atoms with Crippen LogP contribution in [-0.2, 0) is 19.1 Å². The molecule has 1 aliphatic carbocycles. The first-order valence-electron chi connectivity index (χ1n) is 17.2. The third kappa shape index (κ3) is 7.35. The van der Waals surface area contributed by atoms with Crippen LogP contribution in [0.25, 0.3) is 22.3 Å². The van der Waals surface area contributed by atoms with E-state index in [4.69, 9.17) is 24.2 Å². The molecule has 3 aliphatic heterocycles. The summed E-state index contributed by atoms with van der Waals surface area (Å²) in [6.45, 7) is -2.47. The highest BCUT2D eigenvalue weighted by atomic mass is 19.3. The Balaban J connectivity index is 1.29. The number of para-hydroxylation sites is 2. The average molecular weight is 705 g/mol. The molecule has 1 saturated heterocycles. The van der Waals surface area contributed by atoms with Crippen molar-refractivity contribution in [2.45, 2.75) is 75.5 Å². The number of benzene rings is 2.